The first-order chi connectivity index (χ1) is 13.0. The van der Waals surface area contributed by atoms with Crippen LogP contribution in [-0.4, -0.2) is 19.7 Å². The molecule has 0 aliphatic heterocycles. The van der Waals surface area contributed by atoms with E-state index in [9.17, 15) is 4.79 Å². The van der Waals surface area contributed by atoms with Crippen molar-refractivity contribution >= 4 is 33.3 Å². The van der Waals surface area contributed by atoms with E-state index in [1.54, 1.807) is 23.0 Å². The van der Waals surface area contributed by atoms with Crippen molar-refractivity contribution in [3.05, 3.63) is 57.0 Å². The molecule has 1 unspecified atom stereocenters. The van der Waals surface area contributed by atoms with Crippen molar-refractivity contribution in [2.45, 2.75) is 31.2 Å². The highest BCUT2D eigenvalue weighted by molar-refractivity contribution is 7.99. The number of hydrogen-bond donors (Lipinski definition) is 0. The fraction of sp³-hybridized carbons (Fsp3) is 0.263. The fourth-order valence-corrected chi connectivity index (χ4v) is 4.75. The highest BCUT2D eigenvalue weighted by Crippen LogP contribution is 2.35. The predicted molar refractivity (Wildman–Crippen MR) is 108 cm³/mol. The van der Waals surface area contributed by atoms with E-state index in [1.807, 2.05) is 51.1 Å². The van der Waals surface area contributed by atoms with Crippen molar-refractivity contribution < 1.29 is 4.52 Å². The van der Waals surface area contributed by atoms with Crippen molar-refractivity contribution in [3.8, 4) is 11.4 Å². The Morgan fingerprint density at radius 3 is 2.67 bits per heavy atom. The van der Waals surface area contributed by atoms with Gasteiger partial charge in [0.05, 0.1) is 10.6 Å². The van der Waals surface area contributed by atoms with E-state index >= 15 is 0 Å². The maximum Gasteiger partial charge on any atom is 0.262 e. The van der Waals surface area contributed by atoms with Crippen LogP contribution in [0.25, 0.3) is 21.6 Å². The Morgan fingerprint density at radius 2 is 1.93 bits per heavy atom. The third-order valence-corrected chi connectivity index (χ3v) is 6.71. The molecule has 1 atom stereocenters. The van der Waals surface area contributed by atoms with Gasteiger partial charge in [-0.05, 0) is 26.3 Å². The second-order valence-corrected chi connectivity index (χ2v) is 8.82. The number of nitrogens with zero attached hydrogens (tertiary/aromatic N) is 4. The van der Waals surface area contributed by atoms with E-state index in [4.69, 9.17) is 9.51 Å². The standard InChI is InChI=1S/C19H18N4O2S2/c1-10-11(2)26-17-14(10)18(24)23(4)19(21-17)27-12(3)16-20-15(22-25-16)13-8-6-5-7-9-13/h5-9,12H,1-4H3. The summed E-state index contributed by atoms with van der Waals surface area (Å²) >= 11 is 2.99. The first-order valence-corrected chi connectivity index (χ1v) is 10.2. The van der Waals surface area contributed by atoms with Crippen LogP contribution in [0.5, 0.6) is 0 Å². The minimum Gasteiger partial charge on any atom is -0.338 e. The number of fused-ring (bicyclic) bond motifs is 1. The summed E-state index contributed by atoms with van der Waals surface area (Å²) in [6, 6.07) is 9.69. The van der Waals surface area contributed by atoms with Crippen LogP contribution in [0.15, 0.2) is 44.8 Å². The van der Waals surface area contributed by atoms with Crippen molar-refractivity contribution in [2.24, 2.45) is 7.05 Å². The number of hydrogen-bond acceptors (Lipinski definition) is 7. The molecule has 0 radical (unpaired) electrons. The van der Waals surface area contributed by atoms with Crippen LogP contribution in [-0.2, 0) is 7.05 Å². The molecule has 0 aliphatic carbocycles. The minimum absolute atomic E-state index is 0.0212. The summed E-state index contributed by atoms with van der Waals surface area (Å²) in [7, 11) is 1.75. The van der Waals surface area contributed by atoms with Crippen LogP contribution < -0.4 is 5.56 Å². The number of benzene rings is 1. The topological polar surface area (TPSA) is 73.8 Å². The van der Waals surface area contributed by atoms with E-state index in [1.165, 1.54) is 11.8 Å². The summed E-state index contributed by atoms with van der Waals surface area (Å²) in [6.45, 7) is 5.95. The Hall–Kier alpha value is -2.45. The number of thiophene rings is 1. The lowest BCUT2D eigenvalue weighted by molar-refractivity contribution is 0.380. The summed E-state index contributed by atoms with van der Waals surface area (Å²) in [4.78, 5) is 23.9. The molecule has 0 aliphatic rings. The molecule has 3 aromatic heterocycles. The molecule has 8 heteroatoms. The van der Waals surface area contributed by atoms with Crippen LogP contribution in [0.4, 0.5) is 0 Å². The molecule has 3 heterocycles. The number of aromatic nitrogens is 4. The van der Waals surface area contributed by atoms with Gasteiger partial charge in [0.25, 0.3) is 5.56 Å². The van der Waals surface area contributed by atoms with E-state index in [2.05, 4.69) is 10.1 Å². The number of rotatable bonds is 4. The van der Waals surface area contributed by atoms with Crippen LogP contribution >= 0.6 is 23.1 Å². The zero-order valence-corrected chi connectivity index (χ0v) is 17.0. The van der Waals surface area contributed by atoms with Crippen LogP contribution in [0.3, 0.4) is 0 Å². The monoisotopic (exact) mass is 398 g/mol. The Morgan fingerprint density at radius 1 is 1.19 bits per heavy atom. The van der Waals surface area contributed by atoms with E-state index < -0.39 is 0 Å². The Bertz CT molecular complexity index is 1180. The molecular weight excluding hydrogens is 380 g/mol. The normalized spacial score (nSPS) is 12.6. The molecule has 0 saturated carbocycles. The zero-order chi connectivity index (χ0) is 19.1. The van der Waals surface area contributed by atoms with Crippen molar-refractivity contribution in [3.63, 3.8) is 0 Å². The smallest absolute Gasteiger partial charge is 0.262 e. The molecule has 6 nitrogen and oxygen atoms in total. The van der Waals surface area contributed by atoms with Gasteiger partial charge in [0.1, 0.15) is 4.83 Å². The molecule has 4 rings (SSSR count). The molecular formula is C19H18N4O2S2. The second-order valence-electron chi connectivity index (χ2n) is 6.30. The van der Waals surface area contributed by atoms with Gasteiger partial charge in [-0.3, -0.25) is 9.36 Å². The number of aryl methyl sites for hydroxylation is 2. The first-order valence-electron chi connectivity index (χ1n) is 8.48. The molecule has 0 bridgehead atoms. The maximum absolute atomic E-state index is 12.8. The molecule has 4 aromatic rings. The Balaban J connectivity index is 1.65. The number of thioether (sulfide) groups is 1. The Labute approximate surface area is 164 Å². The Kier molecular flexibility index (Phi) is 4.61. The molecule has 0 fully saturated rings. The minimum atomic E-state index is -0.132. The highest BCUT2D eigenvalue weighted by atomic mass is 32.2. The molecule has 1 aromatic carbocycles. The van der Waals surface area contributed by atoms with Crippen molar-refractivity contribution in [2.75, 3.05) is 0 Å². The summed E-state index contributed by atoms with van der Waals surface area (Å²) < 4.78 is 7.03. The van der Waals surface area contributed by atoms with Gasteiger partial charge in [0, 0.05) is 17.5 Å². The van der Waals surface area contributed by atoms with Crippen molar-refractivity contribution in [1.82, 2.24) is 19.7 Å². The third-order valence-electron chi connectivity index (χ3n) is 4.47. The predicted octanol–water partition coefficient (Wildman–Crippen LogP) is 4.52. The maximum atomic E-state index is 12.8. The second kappa shape index (κ2) is 6.94. The van der Waals surface area contributed by atoms with Gasteiger partial charge >= 0.3 is 0 Å². The van der Waals surface area contributed by atoms with Gasteiger partial charge in [-0.25, -0.2) is 4.98 Å². The largest absolute Gasteiger partial charge is 0.338 e. The third kappa shape index (κ3) is 3.19. The summed E-state index contributed by atoms with van der Waals surface area (Å²) in [5, 5.41) is 5.28. The van der Waals surface area contributed by atoms with Crippen LogP contribution in [0, 0.1) is 13.8 Å². The molecule has 0 saturated heterocycles. The van der Waals surface area contributed by atoms with Gasteiger partial charge in [-0.1, -0.05) is 47.3 Å². The van der Waals surface area contributed by atoms with Crippen LogP contribution in [0.1, 0.15) is 28.5 Å². The lowest BCUT2D eigenvalue weighted by Crippen LogP contribution is -2.20. The van der Waals surface area contributed by atoms with Gasteiger partial charge in [0.2, 0.25) is 11.7 Å². The molecule has 0 spiro atoms. The average Bonchev–Trinajstić information content (AvgIpc) is 3.26. The molecule has 0 N–H and O–H groups in total. The fourth-order valence-electron chi connectivity index (χ4n) is 2.77. The molecule has 27 heavy (non-hydrogen) atoms. The van der Waals surface area contributed by atoms with E-state index in [0.29, 0.717) is 22.3 Å². The summed E-state index contributed by atoms with van der Waals surface area (Å²) in [5.41, 5.74) is 1.89. The van der Waals surface area contributed by atoms with Gasteiger partial charge in [0.15, 0.2) is 5.16 Å². The van der Waals surface area contributed by atoms with Crippen LogP contribution in [0.2, 0.25) is 0 Å². The average molecular weight is 399 g/mol. The lowest BCUT2D eigenvalue weighted by atomic mass is 10.2. The molecule has 138 valence electrons. The van der Waals surface area contributed by atoms with Crippen molar-refractivity contribution in [1.29, 1.82) is 0 Å². The SMILES string of the molecule is Cc1sc2nc(SC(C)c3nc(-c4ccccc4)no3)n(C)c(=O)c2c1C. The van der Waals surface area contributed by atoms with E-state index in [-0.39, 0.29) is 10.8 Å². The van der Waals surface area contributed by atoms with Gasteiger partial charge < -0.3 is 4.52 Å². The first kappa shape index (κ1) is 17.9. The van der Waals surface area contributed by atoms with Gasteiger partial charge in [-0.15, -0.1) is 11.3 Å². The quantitative estimate of drug-likeness (QED) is 0.372. The van der Waals surface area contributed by atoms with E-state index in [0.717, 1.165) is 20.8 Å². The molecule has 0 amide bonds. The lowest BCUT2D eigenvalue weighted by Gasteiger charge is -2.10. The highest BCUT2D eigenvalue weighted by Gasteiger charge is 2.21. The van der Waals surface area contributed by atoms with Gasteiger partial charge in [-0.2, -0.15) is 4.98 Å². The summed E-state index contributed by atoms with van der Waals surface area (Å²) in [6.07, 6.45) is 0. The zero-order valence-electron chi connectivity index (χ0n) is 15.4. The summed E-state index contributed by atoms with van der Waals surface area (Å²) in [5.74, 6) is 1.06.